The molecule has 1 fully saturated rings. The van der Waals surface area contributed by atoms with E-state index in [9.17, 15) is 32.8 Å². The SMILES string of the molecule is COc1nc2[nH]cc(F)c2cc1Oc1ccccc1C(=O)NS(=O)(=O)c1cnc(NCC2CCC(C)(O)CC2)c([N+](=O)[O-])c1. The number of aromatic amines is 1. The predicted octanol–water partition coefficient (Wildman–Crippen LogP) is 4.28. The number of nitrogens with one attached hydrogen (secondary N) is 3. The van der Waals surface area contributed by atoms with Gasteiger partial charge < -0.3 is 24.9 Å². The molecule has 0 unspecified atom stereocenters. The van der Waals surface area contributed by atoms with Crippen LogP contribution in [0.15, 0.2) is 53.7 Å². The number of ether oxygens (including phenoxy) is 2. The molecule has 0 spiro atoms. The van der Waals surface area contributed by atoms with Crippen LogP contribution in [0.1, 0.15) is 43.0 Å². The van der Waals surface area contributed by atoms with Gasteiger partial charge in [0.2, 0.25) is 5.82 Å². The first kappa shape index (κ1) is 30.6. The fourth-order valence-corrected chi connectivity index (χ4v) is 5.83. The fraction of sp³-hybridized carbons (Fsp3) is 0.321. The summed E-state index contributed by atoms with van der Waals surface area (Å²) in [5.41, 5.74) is -1.32. The number of para-hydroxylation sites is 1. The third kappa shape index (κ3) is 6.55. The molecule has 44 heavy (non-hydrogen) atoms. The minimum atomic E-state index is -4.63. The van der Waals surface area contributed by atoms with Gasteiger partial charge in [-0.3, -0.25) is 14.9 Å². The highest BCUT2D eigenvalue weighted by molar-refractivity contribution is 7.90. The first-order chi connectivity index (χ1) is 20.9. The zero-order valence-corrected chi connectivity index (χ0v) is 24.5. The second-order valence-electron chi connectivity index (χ2n) is 10.7. The third-order valence-corrected chi connectivity index (χ3v) is 8.71. The maximum atomic E-state index is 14.2. The largest absolute Gasteiger partial charge is 0.478 e. The number of benzene rings is 1. The number of hydrogen-bond donors (Lipinski definition) is 4. The van der Waals surface area contributed by atoms with Crippen LogP contribution in [-0.4, -0.2) is 58.6 Å². The summed E-state index contributed by atoms with van der Waals surface area (Å²) < 4.78 is 53.4. The summed E-state index contributed by atoms with van der Waals surface area (Å²) in [6, 6.07) is 7.82. The van der Waals surface area contributed by atoms with Crippen molar-refractivity contribution < 1.29 is 37.1 Å². The van der Waals surface area contributed by atoms with E-state index >= 15 is 0 Å². The molecular formula is C28H29FN6O8S. The van der Waals surface area contributed by atoms with Crippen LogP contribution in [0, 0.1) is 21.8 Å². The Bertz CT molecular complexity index is 1840. The summed E-state index contributed by atoms with van der Waals surface area (Å²) >= 11 is 0. The Kier molecular flexibility index (Phi) is 8.38. The van der Waals surface area contributed by atoms with Crippen LogP contribution in [0.3, 0.4) is 0 Å². The van der Waals surface area contributed by atoms with Crippen molar-refractivity contribution in [2.24, 2.45) is 5.92 Å². The number of H-pyrrole nitrogens is 1. The number of halogens is 1. The van der Waals surface area contributed by atoms with Crippen molar-refractivity contribution in [2.75, 3.05) is 19.0 Å². The van der Waals surface area contributed by atoms with Gasteiger partial charge in [-0.2, -0.15) is 4.98 Å². The second-order valence-corrected chi connectivity index (χ2v) is 12.4. The molecule has 0 aliphatic heterocycles. The maximum Gasteiger partial charge on any atom is 0.312 e. The van der Waals surface area contributed by atoms with E-state index in [1.807, 2.05) is 4.72 Å². The maximum absolute atomic E-state index is 14.2. The quantitative estimate of drug-likeness (QED) is 0.144. The molecule has 0 atom stereocenters. The highest BCUT2D eigenvalue weighted by atomic mass is 32.2. The number of rotatable bonds is 10. The van der Waals surface area contributed by atoms with E-state index < -0.39 is 42.9 Å². The third-order valence-electron chi connectivity index (χ3n) is 7.41. The lowest BCUT2D eigenvalue weighted by Crippen LogP contribution is -2.32. The number of nitrogens with zero attached hydrogens (tertiary/aromatic N) is 3. The number of fused-ring (bicyclic) bond motifs is 1. The lowest BCUT2D eigenvalue weighted by molar-refractivity contribution is -0.384. The molecule has 1 amide bonds. The molecule has 3 heterocycles. The van der Waals surface area contributed by atoms with Crippen molar-refractivity contribution in [3.05, 3.63) is 70.3 Å². The Hall–Kier alpha value is -4.83. The molecule has 5 rings (SSSR count). The molecule has 14 nitrogen and oxygen atoms in total. The Balaban J connectivity index is 1.34. The zero-order chi connectivity index (χ0) is 31.6. The topological polar surface area (TPSA) is 199 Å². The van der Waals surface area contributed by atoms with Crippen molar-refractivity contribution >= 4 is 38.5 Å². The average molecular weight is 629 g/mol. The predicted molar refractivity (Wildman–Crippen MR) is 156 cm³/mol. The van der Waals surface area contributed by atoms with E-state index in [-0.39, 0.29) is 45.7 Å². The summed E-state index contributed by atoms with van der Waals surface area (Å²) in [6.45, 7) is 2.13. The first-order valence-electron chi connectivity index (χ1n) is 13.5. The molecule has 4 aromatic rings. The second kappa shape index (κ2) is 12.0. The van der Waals surface area contributed by atoms with E-state index in [1.165, 1.54) is 37.4 Å². The summed E-state index contributed by atoms with van der Waals surface area (Å²) in [4.78, 5) is 34.3. The summed E-state index contributed by atoms with van der Waals surface area (Å²) in [7, 11) is -3.31. The Morgan fingerprint density at radius 2 is 1.98 bits per heavy atom. The van der Waals surface area contributed by atoms with E-state index in [2.05, 4.69) is 20.3 Å². The number of aromatic nitrogens is 3. The minimum absolute atomic E-state index is 0.0235. The molecule has 0 radical (unpaired) electrons. The molecular weight excluding hydrogens is 599 g/mol. The Morgan fingerprint density at radius 3 is 2.68 bits per heavy atom. The van der Waals surface area contributed by atoms with Crippen molar-refractivity contribution in [1.29, 1.82) is 0 Å². The monoisotopic (exact) mass is 628 g/mol. The number of hydrogen-bond acceptors (Lipinski definition) is 11. The molecule has 1 saturated carbocycles. The van der Waals surface area contributed by atoms with Crippen molar-refractivity contribution in [3.8, 4) is 17.4 Å². The molecule has 1 aliphatic carbocycles. The van der Waals surface area contributed by atoms with Gasteiger partial charge in [0, 0.05) is 24.9 Å². The minimum Gasteiger partial charge on any atom is -0.478 e. The van der Waals surface area contributed by atoms with Gasteiger partial charge in [0.05, 0.1) is 34.8 Å². The molecule has 232 valence electrons. The van der Waals surface area contributed by atoms with Crippen molar-refractivity contribution in [2.45, 2.75) is 43.1 Å². The van der Waals surface area contributed by atoms with Crippen LogP contribution in [-0.2, 0) is 10.0 Å². The van der Waals surface area contributed by atoms with E-state index in [0.29, 0.717) is 19.4 Å². The van der Waals surface area contributed by atoms with Gasteiger partial charge in [-0.15, -0.1) is 0 Å². The van der Waals surface area contributed by atoms with Crippen LogP contribution in [0.2, 0.25) is 0 Å². The van der Waals surface area contributed by atoms with Gasteiger partial charge in [-0.25, -0.2) is 22.5 Å². The number of sulfonamides is 1. The molecule has 0 bridgehead atoms. The number of anilines is 1. The number of methoxy groups -OCH3 is 1. The Labute approximate surface area is 250 Å². The number of pyridine rings is 2. The number of amides is 1. The number of carbonyl (C=O) groups excluding carboxylic acids is 1. The van der Waals surface area contributed by atoms with Crippen LogP contribution < -0.4 is 19.5 Å². The molecule has 1 aromatic carbocycles. The molecule has 16 heteroatoms. The normalized spacial score (nSPS) is 18.5. The van der Waals surface area contributed by atoms with Crippen LogP contribution in [0.25, 0.3) is 11.0 Å². The van der Waals surface area contributed by atoms with Gasteiger partial charge in [0.1, 0.15) is 22.1 Å². The zero-order valence-electron chi connectivity index (χ0n) is 23.7. The van der Waals surface area contributed by atoms with Gasteiger partial charge in [-0.1, -0.05) is 12.1 Å². The average Bonchev–Trinajstić information content (AvgIpc) is 3.35. The van der Waals surface area contributed by atoms with Gasteiger partial charge in [-0.05, 0) is 50.7 Å². The summed E-state index contributed by atoms with van der Waals surface area (Å²) in [5, 5.41) is 24.9. The van der Waals surface area contributed by atoms with Crippen LogP contribution >= 0.6 is 0 Å². The lowest BCUT2D eigenvalue weighted by Gasteiger charge is -2.33. The fourth-order valence-electron chi connectivity index (χ4n) is 4.90. The van der Waals surface area contributed by atoms with E-state index in [1.54, 1.807) is 6.92 Å². The summed E-state index contributed by atoms with van der Waals surface area (Å²) in [5.74, 6) is -1.81. The number of carbonyl (C=O) groups is 1. The number of aliphatic hydroxyl groups is 1. The lowest BCUT2D eigenvalue weighted by atomic mass is 9.80. The van der Waals surface area contributed by atoms with E-state index in [4.69, 9.17) is 9.47 Å². The summed E-state index contributed by atoms with van der Waals surface area (Å²) in [6.07, 6.45) is 4.67. The molecule has 3 aromatic heterocycles. The number of nitro groups is 1. The van der Waals surface area contributed by atoms with Crippen molar-refractivity contribution in [1.82, 2.24) is 19.7 Å². The van der Waals surface area contributed by atoms with Gasteiger partial charge >= 0.3 is 5.69 Å². The highest BCUT2D eigenvalue weighted by Gasteiger charge is 2.30. The molecule has 1 aliphatic rings. The first-order valence-corrected chi connectivity index (χ1v) is 15.0. The standard InChI is InChI=1S/C28H29FN6O8S/c1-28(37)9-7-16(8-10-28)13-30-25-21(35(38)39)11-17(14-31-25)44(40,41)34-26(36)18-5-3-4-6-22(18)43-23-12-19-20(29)15-32-24(19)33-27(23)42-2/h3-6,11-12,14-16,37H,7-10,13H2,1-2H3,(H,30,31)(H,32,33)(H,34,36). The highest BCUT2D eigenvalue weighted by Crippen LogP contribution is 2.36. The molecule has 4 N–H and O–H groups in total. The van der Waals surface area contributed by atoms with Crippen LogP contribution in [0.4, 0.5) is 15.9 Å². The van der Waals surface area contributed by atoms with Gasteiger partial charge in [0.25, 0.3) is 21.8 Å². The van der Waals surface area contributed by atoms with Crippen molar-refractivity contribution in [3.63, 3.8) is 0 Å². The smallest absolute Gasteiger partial charge is 0.312 e. The van der Waals surface area contributed by atoms with Crippen LogP contribution in [0.5, 0.6) is 17.4 Å². The Morgan fingerprint density at radius 1 is 1.25 bits per heavy atom. The van der Waals surface area contributed by atoms with Gasteiger partial charge in [0.15, 0.2) is 5.75 Å². The van der Waals surface area contributed by atoms with E-state index in [0.717, 1.165) is 31.3 Å². The molecule has 0 saturated heterocycles.